The van der Waals surface area contributed by atoms with E-state index < -0.39 is 15.7 Å². The van der Waals surface area contributed by atoms with E-state index in [1.165, 1.54) is 18.3 Å². The smallest absolute Gasteiger partial charge is 0.274 e. The summed E-state index contributed by atoms with van der Waals surface area (Å²) in [6, 6.07) is 15.6. The number of benzene rings is 1. The maximum absolute atomic E-state index is 12.3. The van der Waals surface area contributed by atoms with E-state index in [1.54, 1.807) is 12.3 Å². The highest BCUT2D eigenvalue weighted by molar-refractivity contribution is 7.90. The maximum Gasteiger partial charge on any atom is 0.274 e. The molecule has 3 rings (SSSR count). The molecule has 7 heteroatoms. The van der Waals surface area contributed by atoms with Crippen molar-refractivity contribution in [1.82, 2.24) is 9.97 Å². The Morgan fingerprint density at radius 2 is 1.84 bits per heavy atom. The van der Waals surface area contributed by atoms with Crippen molar-refractivity contribution in [2.45, 2.75) is 4.90 Å². The Kier molecular flexibility index (Phi) is 4.58. The first-order valence-corrected chi connectivity index (χ1v) is 9.31. The van der Waals surface area contributed by atoms with Gasteiger partial charge >= 0.3 is 0 Å². The molecule has 25 heavy (non-hydrogen) atoms. The lowest BCUT2D eigenvalue weighted by atomic mass is 10.1. The number of rotatable bonds is 4. The van der Waals surface area contributed by atoms with E-state index in [4.69, 9.17) is 0 Å². The molecule has 0 aliphatic carbocycles. The van der Waals surface area contributed by atoms with Crippen molar-refractivity contribution < 1.29 is 13.2 Å². The predicted molar refractivity (Wildman–Crippen MR) is 95.0 cm³/mol. The minimum Gasteiger partial charge on any atom is -0.321 e. The Morgan fingerprint density at radius 1 is 1.00 bits per heavy atom. The second kappa shape index (κ2) is 6.82. The molecular formula is C18H15N3O3S. The molecule has 1 amide bonds. The van der Waals surface area contributed by atoms with Crippen LogP contribution in [-0.4, -0.2) is 30.5 Å². The molecule has 6 nitrogen and oxygen atoms in total. The molecule has 2 aromatic heterocycles. The van der Waals surface area contributed by atoms with Gasteiger partial charge in [-0.2, -0.15) is 0 Å². The van der Waals surface area contributed by atoms with E-state index in [0.717, 1.165) is 17.5 Å². The molecule has 0 unspecified atom stereocenters. The van der Waals surface area contributed by atoms with E-state index in [-0.39, 0.29) is 10.6 Å². The highest BCUT2D eigenvalue weighted by atomic mass is 32.2. The molecule has 0 atom stereocenters. The van der Waals surface area contributed by atoms with Gasteiger partial charge in [-0.15, -0.1) is 0 Å². The van der Waals surface area contributed by atoms with Crippen LogP contribution in [0.15, 0.2) is 71.9 Å². The molecule has 1 aromatic carbocycles. The van der Waals surface area contributed by atoms with E-state index in [0.29, 0.717) is 5.69 Å². The molecule has 0 radical (unpaired) electrons. The first kappa shape index (κ1) is 16.8. The molecule has 0 spiro atoms. The zero-order valence-electron chi connectivity index (χ0n) is 13.4. The van der Waals surface area contributed by atoms with Gasteiger partial charge in [-0.25, -0.2) is 13.4 Å². The molecule has 0 aliphatic rings. The van der Waals surface area contributed by atoms with Gasteiger partial charge in [0.2, 0.25) is 0 Å². The molecule has 1 N–H and O–H groups in total. The quantitative estimate of drug-likeness (QED) is 0.779. The van der Waals surface area contributed by atoms with Gasteiger partial charge in [-0.1, -0.05) is 18.2 Å². The Bertz CT molecular complexity index is 1000. The normalized spacial score (nSPS) is 11.1. The molecule has 0 aliphatic heterocycles. The maximum atomic E-state index is 12.3. The molecule has 0 fully saturated rings. The number of hydrogen-bond donors (Lipinski definition) is 1. The number of sulfone groups is 1. The number of amides is 1. The first-order chi connectivity index (χ1) is 11.9. The van der Waals surface area contributed by atoms with Crippen molar-refractivity contribution in [2.75, 3.05) is 11.6 Å². The molecule has 3 aromatic rings. The second-order valence-electron chi connectivity index (χ2n) is 5.40. The van der Waals surface area contributed by atoms with Gasteiger partial charge < -0.3 is 5.32 Å². The molecule has 2 heterocycles. The zero-order valence-corrected chi connectivity index (χ0v) is 14.2. The van der Waals surface area contributed by atoms with Crippen LogP contribution in [0.3, 0.4) is 0 Å². The van der Waals surface area contributed by atoms with Crippen LogP contribution in [-0.2, 0) is 9.84 Å². The van der Waals surface area contributed by atoms with Gasteiger partial charge in [0.15, 0.2) is 9.84 Å². The highest BCUT2D eigenvalue weighted by Gasteiger charge is 2.12. The number of carbonyl (C=O) groups is 1. The third kappa shape index (κ3) is 4.07. The summed E-state index contributed by atoms with van der Waals surface area (Å²) >= 11 is 0. The van der Waals surface area contributed by atoms with Crippen molar-refractivity contribution in [2.24, 2.45) is 0 Å². The monoisotopic (exact) mass is 353 g/mol. The Morgan fingerprint density at radius 3 is 2.48 bits per heavy atom. The van der Waals surface area contributed by atoms with Gasteiger partial charge in [-0.3, -0.25) is 9.78 Å². The van der Waals surface area contributed by atoms with Crippen LogP contribution in [0.25, 0.3) is 11.3 Å². The Hall–Kier alpha value is -3.06. The zero-order chi connectivity index (χ0) is 17.9. The average molecular weight is 353 g/mol. The van der Waals surface area contributed by atoms with E-state index in [9.17, 15) is 13.2 Å². The van der Waals surface area contributed by atoms with Crippen molar-refractivity contribution in [1.29, 1.82) is 0 Å². The van der Waals surface area contributed by atoms with E-state index in [1.807, 2.05) is 36.4 Å². The van der Waals surface area contributed by atoms with E-state index in [2.05, 4.69) is 15.3 Å². The third-order valence-electron chi connectivity index (χ3n) is 3.48. The van der Waals surface area contributed by atoms with Crippen LogP contribution in [0.4, 0.5) is 5.69 Å². The van der Waals surface area contributed by atoms with Crippen molar-refractivity contribution in [3.8, 4) is 11.3 Å². The number of pyridine rings is 2. The second-order valence-corrected chi connectivity index (χ2v) is 7.42. The largest absolute Gasteiger partial charge is 0.321 e. The lowest BCUT2D eigenvalue weighted by Crippen LogP contribution is -2.14. The fourth-order valence-electron chi connectivity index (χ4n) is 2.22. The predicted octanol–water partition coefficient (Wildman–Crippen LogP) is 2.80. The fraction of sp³-hybridized carbons (Fsp3) is 0.0556. The Labute approximate surface area is 145 Å². The molecule has 0 saturated heterocycles. The van der Waals surface area contributed by atoms with Gasteiger partial charge in [0.1, 0.15) is 5.69 Å². The standard InChI is InChI=1S/C18H15N3O3S/c1-25(23,24)15-8-9-17(20-12-15)18(22)21-14-6-4-5-13(11-14)16-7-2-3-10-19-16/h2-12H,1H3,(H,21,22). The van der Waals surface area contributed by atoms with Gasteiger partial charge in [0.05, 0.1) is 10.6 Å². The lowest BCUT2D eigenvalue weighted by molar-refractivity contribution is 0.102. The van der Waals surface area contributed by atoms with Crippen molar-refractivity contribution in [3.63, 3.8) is 0 Å². The summed E-state index contributed by atoms with van der Waals surface area (Å²) in [5.74, 6) is -0.418. The van der Waals surface area contributed by atoms with E-state index >= 15 is 0 Å². The minimum absolute atomic E-state index is 0.0706. The topological polar surface area (TPSA) is 89.0 Å². The van der Waals surface area contributed by atoms with Crippen molar-refractivity contribution in [3.05, 3.63) is 72.7 Å². The number of hydrogen-bond acceptors (Lipinski definition) is 5. The summed E-state index contributed by atoms with van der Waals surface area (Å²) in [7, 11) is -3.34. The summed E-state index contributed by atoms with van der Waals surface area (Å²) in [5.41, 5.74) is 2.41. The SMILES string of the molecule is CS(=O)(=O)c1ccc(C(=O)Nc2cccc(-c3ccccn3)c2)nc1. The van der Waals surface area contributed by atoms with Gasteiger partial charge in [0.25, 0.3) is 5.91 Å². The summed E-state index contributed by atoms with van der Waals surface area (Å²) in [5, 5.41) is 2.75. The molecule has 126 valence electrons. The van der Waals surface area contributed by atoms with Crippen molar-refractivity contribution >= 4 is 21.4 Å². The summed E-state index contributed by atoms with van der Waals surface area (Å²) in [6.45, 7) is 0. The summed E-state index contributed by atoms with van der Waals surface area (Å²) in [6.07, 6.45) is 3.97. The number of carbonyl (C=O) groups excluding carboxylic acids is 1. The molecular weight excluding hydrogens is 338 g/mol. The first-order valence-electron chi connectivity index (χ1n) is 7.42. The third-order valence-corrected chi connectivity index (χ3v) is 4.58. The summed E-state index contributed by atoms with van der Waals surface area (Å²) < 4.78 is 22.9. The average Bonchev–Trinajstić information content (AvgIpc) is 2.62. The number of aromatic nitrogens is 2. The summed E-state index contributed by atoms with van der Waals surface area (Å²) in [4.78, 5) is 20.6. The van der Waals surface area contributed by atoms with Gasteiger partial charge in [-0.05, 0) is 36.4 Å². The van der Waals surface area contributed by atoms with Crippen LogP contribution in [0.2, 0.25) is 0 Å². The fourth-order valence-corrected chi connectivity index (χ4v) is 2.78. The van der Waals surface area contributed by atoms with Crippen LogP contribution in [0.5, 0.6) is 0 Å². The van der Waals surface area contributed by atoms with Crippen LogP contribution >= 0.6 is 0 Å². The number of anilines is 1. The number of nitrogens with zero attached hydrogens (tertiary/aromatic N) is 2. The molecule has 0 saturated carbocycles. The Balaban J connectivity index is 1.79. The minimum atomic E-state index is -3.34. The van der Waals surface area contributed by atoms with Crippen LogP contribution in [0.1, 0.15) is 10.5 Å². The number of nitrogens with one attached hydrogen (secondary N) is 1. The highest BCUT2D eigenvalue weighted by Crippen LogP contribution is 2.20. The molecule has 0 bridgehead atoms. The van der Waals surface area contributed by atoms with Crippen LogP contribution < -0.4 is 5.32 Å². The van der Waals surface area contributed by atoms with Crippen LogP contribution in [0, 0.1) is 0 Å². The lowest BCUT2D eigenvalue weighted by Gasteiger charge is -2.07. The van der Waals surface area contributed by atoms with Gasteiger partial charge in [0, 0.05) is 29.9 Å².